The highest BCUT2D eigenvalue weighted by atomic mass is 16.1. The molecule has 3 heteroatoms. The Bertz CT molecular complexity index is 144. The van der Waals surface area contributed by atoms with Crippen LogP contribution in [0.1, 0.15) is 52.4 Å². The smallest absolute Gasteiger partial charge is 0.220 e. The van der Waals surface area contributed by atoms with Crippen molar-refractivity contribution in [3.63, 3.8) is 0 Å². The molecule has 0 aromatic carbocycles. The lowest BCUT2D eigenvalue weighted by Gasteiger charge is -2.14. The second-order valence-electron chi connectivity index (χ2n) is 3.68. The van der Waals surface area contributed by atoms with Gasteiger partial charge in [0, 0.05) is 12.5 Å². The number of rotatable bonds is 8. The minimum atomic E-state index is 0.190. The standard InChI is InChI=1S/C11H24N2O/c1-3-10(4-2)13-11(14)8-6-5-7-9-12/h10H,3-9,12H2,1-2H3,(H,13,14). The predicted molar refractivity (Wildman–Crippen MR) is 60.0 cm³/mol. The Morgan fingerprint density at radius 1 is 1.21 bits per heavy atom. The van der Waals surface area contributed by atoms with Gasteiger partial charge in [-0.3, -0.25) is 4.79 Å². The Morgan fingerprint density at radius 3 is 2.36 bits per heavy atom. The average Bonchev–Trinajstić information content (AvgIpc) is 2.21. The van der Waals surface area contributed by atoms with Crippen molar-refractivity contribution < 1.29 is 4.79 Å². The molecule has 0 aromatic rings. The van der Waals surface area contributed by atoms with E-state index in [9.17, 15) is 4.79 Å². The molecule has 0 saturated heterocycles. The van der Waals surface area contributed by atoms with Gasteiger partial charge in [0.25, 0.3) is 0 Å². The van der Waals surface area contributed by atoms with Crippen LogP contribution in [0, 0.1) is 0 Å². The van der Waals surface area contributed by atoms with Crippen molar-refractivity contribution in [3.05, 3.63) is 0 Å². The molecular weight excluding hydrogens is 176 g/mol. The molecule has 0 bridgehead atoms. The molecule has 0 saturated carbocycles. The third-order valence-electron chi connectivity index (χ3n) is 2.46. The van der Waals surface area contributed by atoms with E-state index in [0.29, 0.717) is 12.5 Å². The van der Waals surface area contributed by atoms with Gasteiger partial charge in [-0.15, -0.1) is 0 Å². The molecule has 84 valence electrons. The molecule has 0 aliphatic rings. The molecule has 0 aliphatic carbocycles. The van der Waals surface area contributed by atoms with Crippen molar-refractivity contribution in [1.82, 2.24) is 5.32 Å². The number of nitrogens with one attached hydrogen (secondary N) is 1. The molecule has 0 aliphatic heterocycles. The summed E-state index contributed by atoms with van der Waals surface area (Å²) >= 11 is 0. The van der Waals surface area contributed by atoms with Crippen LogP contribution in [0.25, 0.3) is 0 Å². The summed E-state index contributed by atoms with van der Waals surface area (Å²) < 4.78 is 0. The Morgan fingerprint density at radius 2 is 1.86 bits per heavy atom. The maximum Gasteiger partial charge on any atom is 0.220 e. The Kier molecular flexibility index (Phi) is 8.64. The van der Waals surface area contributed by atoms with Crippen LogP contribution in [0.15, 0.2) is 0 Å². The largest absolute Gasteiger partial charge is 0.353 e. The first-order chi connectivity index (χ1) is 6.74. The Labute approximate surface area is 87.4 Å². The fraction of sp³-hybridized carbons (Fsp3) is 0.909. The van der Waals surface area contributed by atoms with Gasteiger partial charge in [-0.1, -0.05) is 20.3 Å². The zero-order valence-electron chi connectivity index (χ0n) is 9.51. The molecule has 0 rings (SSSR count). The van der Waals surface area contributed by atoms with Crippen molar-refractivity contribution in [3.8, 4) is 0 Å². The monoisotopic (exact) mass is 200 g/mol. The van der Waals surface area contributed by atoms with E-state index in [1.54, 1.807) is 0 Å². The van der Waals surface area contributed by atoms with Crippen LogP contribution >= 0.6 is 0 Å². The zero-order chi connectivity index (χ0) is 10.8. The first kappa shape index (κ1) is 13.4. The number of carbonyl (C=O) groups excluding carboxylic acids is 1. The van der Waals surface area contributed by atoms with Gasteiger partial charge in [0.05, 0.1) is 0 Å². The van der Waals surface area contributed by atoms with Gasteiger partial charge in [-0.05, 0) is 32.2 Å². The van der Waals surface area contributed by atoms with E-state index in [2.05, 4.69) is 19.2 Å². The molecule has 0 atom stereocenters. The number of unbranched alkanes of at least 4 members (excludes halogenated alkanes) is 2. The maximum absolute atomic E-state index is 11.4. The van der Waals surface area contributed by atoms with E-state index in [1.807, 2.05) is 0 Å². The van der Waals surface area contributed by atoms with Crippen molar-refractivity contribution in [2.75, 3.05) is 6.54 Å². The zero-order valence-corrected chi connectivity index (χ0v) is 9.51. The summed E-state index contributed by atoms with van der Waals surface area (Å²) in [4.78, 5) is 11.4. The van der Waals surface area contributed by atoms with Gasteiger partial charge in [0.2, 0.25) is 5.91 Å². The third-order valence-corrected chi connectivity index (χ3v) is 2.46. The van der Waals surface area contributed by atoms with Crippen LogP contribution in [0.3, 0.4) is 0 Å². The first-order valence-corrected chi connectivity index (χ1v) is 5.74. The van der Waals surface area contributed by atoms with E-state index in [-0.39, 0.29) is 5.91 Å². The molecule has 14 heavy (non-hydrogen) atoms. The highest BCUT2D eigenvalue weighted by Crippen LogP contribution is 2.01. The second-order valence-corrected chi connectivity index (χ2v) is 3.68. The van der Waals surface area contributed by atoms with E-state index in [4.69, 9.17) is 5.73 Å². The van der Waals surface area contributed by atoms with Crippen LogP contribution in [-0.2, 0) is 4.79 Å². The number of hydrogen-bond donors (Lipinski definition) is 2. The molecular formula is C11H24N2O. The van der Waals surface area contributed by atoms with E-state index < -0.39 is 0 Å². The molecule has 0 radical (unpaired) electrons. The van der Waals surface area contributed by atoms with E-state index in [0.717, 1.165) is 38.6 Å². The van der Waals surface area contributed by atoms with Gasteiger partial charge in [-0.2, -0.15) is 0 Å². The van der Waals surface area contributed by atoms with Crippen molar-refractivity contribution in [2.45, 2.75) is 58.4 Å². The topological polar surface area (TPSA) is 55.1 Å². The average molecular weight is 200 g/mol. The molecule has 0 heterocycles. The summed E-state index contributed by atoms with van der Waals surface area (Å²) in [5, 5.41) is 3.02. The summed E-state index contributed by atoms with van der Waals surface area (Å²) in [6.45, 7) is 4.93. The highest BCUT2D eigenvalue weighted by Gasteiger charge is 2.06. The van der Waals surface area contributed by atoms with Crippen molar-refractivity contribution >= 4 is 5.91 Å². The fourth-order valence-corrected chi connectivity index (χ4v) is 1.40. The van der Waals surface area contributed by atoms with Gasteiger partial charge in [0.15, 0.2) is 0 Å². The van der Waals surface area contributed by atoms with Gasteiger partial charge in [-0.25, -0.2) is 0 Å². The molecule has 0 aromatic heterocycles. The summed E-state index contributed by atoms with van der Waals surface area (Å²) in [5.41, 5.74) is 5.37. The SMILES string of the molecule is CCC(CC)NC(=O)CCCCCN. The number of amides is 1. The van der Waals surface area contributed by atoms with E-state index in [1.165, 1.54) is 0 Å². The lowest BCUT2D eigenvalue weighted by Crippen LogP contribution is -2.33. The molecule has 0 spiro atoms. The summed E-state index contributed by atoms with van der Waals surface area (Å²) in [6, 6.07) is 0.358. The summed E-state index contributed by atoms with van der Waals surface area (Å²) in [5.74, 6) is 0.190. The third kappa shape index (κ3) is 6.89. The number of nitrogens with two attached hydrogens (primary N) is 1. The lowest BCUT2D eigenvalue weighted by atomic mass is 10.1. The molecule has 0 unspecified atom stereocenters. The maximum atomic E-state index is 11.4. The van der Waals surface area contributed by atoms with Crippen LogP contribution in [-0.4, -0.2) is 18.5 Å². The van der Waals surface area contributed by atoms with Gasteiger partial charge >= 0.3 is 0 Å². The normalized spacial score (nSPS) is 10.6. The van der Waals surface area contributed by atoms with Crippen molar-refractivity contribution in [1.29, 1.82) is 0 Å². The van der Waals surface area contributed by atoms with E-state index >= 15 is 0 Å². The quantitative estimate of drug-likeness (QED) is 0.587. The van der Waals surface area contributed by atoms with Crippen LogP contribution in [0.5, 0.6) is 0 Å². The fourth-order valence-electron chi connectivity index (χ4n) is 1.40. The van der Waals surface area contributed by atoms with Crippen LogP contribution < -0.4 is 11.1 Å². The summed E-state index contributed by atoms with van der Waals surface area (Å²) in [7, 11) is 0. The second kappa shape index (κ2) is 9.00. The van der Waals surface area contributed by atoms with Crippen LogP contribution in [0.2, 0.25) is 0 Å². The first-order valence-electron chi connectivity index (χ1n) is 5.74. The number of hydrogen-bond acceptors (Lipinski definition) is 2. The lowest BCUT2D eigenvalue weighted by molar-refractivity contribution is -0.121. The summed E-state index contributed by atoms with van der Waals surface area (Å²) in [6.07, 6.45) is 5.74. The minimum absolute atomic E-state index is 0.190. The predicted octanol–water partition coefficient (Wildman–Crippen LogP) is 1.81. The number of carbonyl (C=O) groups is 1. The molecule has 3 N–H and O–H groups in total. The van der Waals surface area contributed by atoms with Gasteiger partial charge in [0.1, 0.15) is 0 Å². The van der Waals surface area contributed by atoms with Gasteiger partial charge < -0.3 is 11.1 Å². The molecule has 3 nitrogen and oxygen atoms in total. The van der Waals surface area contributed by atoms with Crippen molar-refractivity contribution in [2.24, 2.45) is 5.73 Å². The minimum Gasteiger partial charge on any atom is -0.353 e. The molecule has 0 fully saturated rings. The highest BCUT2D eigenvalue weighted by molar-refractivity contribution is 5.76. The molecule has 1 amide bonds. The Hall–Kier alpha value is -0.570. The Balaban J connectivity index is 3.44. The van der Waals surface area contributed by atoms with Crippen LogP contribution in [0.4, 0.5) is 0 Å².